The second kappa shape index (κ2) is 5.70. The van der Waals surface area contributed by atoms with E-state index in [9.17, 15) is 13.2 Å². The maximum Gasteiger partial charge on any atom is 0.419 e. The van der Waals surface area contributed by atoms with E-state index in [0.29, 0.717) is 12.5 Å². The third-order valence-electron chi connectivity index (χ3n) is 2.94. The molecule has 1 aliphatic carbocycles. The summed E-state index contributed by atoms with van der Waals surface area (Å²) < 4.78 is 48.9. The van der Waals surface area contributed by atoms with Crippen LogP contribution < -0.4 is 10.5 Å². The van der Waals surface area contributed by atoms with Crippen molar-refractivity contribution in [2.75, 3.05) is 13.4 Å². The summed E-state index contributed by atoms with van der Waals surface area (Å²) >= 11 is 0. The maximum atomic E-state index is 12.9. The minimum Gasteiger partial charge on any atom is -0.467 e. The van der Waals surface area contributed by atoms with E-state index in [1.807, 2.05) is 0 Å². The zero-order chi connectivity index (χ0) is 14.8. The van der Waals surface area contributed by atoms with Crippen LogP contribution in [0.3, 0.4) is 0 Å². The van der Waals surface area contributed by atoms with Crippen molar-refractivity contribution < 1.29 is 22.6 Å². The van der Waals surface area contributed by atoms with Crippen LogP contribution in [0, 0.1) is 11.3 Å². The average molecular weight is 288 g/mol. The number of halogens is 3. The summed E-state index contributed by atoms with van der Waals surface area (Å²) in [6.45, 7) is 0.284. The smallest absolute Gasteiger partial charge is 0.419 e. The van der Waals surface area contributed by atoms with Gasteiger partial charge in [0.05, 0.1) is 12.2 Å². The van der Waals surface area contributed by atoms with Crippen LogP contribution in [0.25, 0.3) is 0 Å². The molecule has 0 amide bonds. The molecule has 7 heteroatoms. The highest BCUT2D eigenvalue weighted by Gasteiger charge is 2.35. The van der Waals surface area contributed by atoms with Crippen molar-refractivity contribution in [2.45, 2.75) is 19.0 Å². The summed E-state index contributed by atoms with van der Waals surface area (Å²) in [5.74, 6) is -0.230. The summed E-state index contributed by atoms with van der Waals surface area (Å²) in [4.78, 5) is 0. The van der Waals surface area contributed by atoms with Crippen LogP contribution in [-0.2, 0) is 10.9 Å². The van der Waals surface area contributed by atoms with E-state index < -0.39 is 17.6 Å². The van der Waals surface area contributed by atoms with E-state index in [0.717, 1.165) is 25.0 Å². The van der Waals surface area contributed by atoms with Crippen molar-refractivity contribution in [1.29, 1.82) is 5.41 Å². The normalized spacial score (nSPS) is 15.2. The van der Waals surface area contributed by atoms with Crippen molar-refractivity contribution >= 4 is 5.84 Å². The van der Waals surface area contributed by atoms with Gasteiger partial charge in [-0.1, -0.05) is 0 Å². The Bertz CT molecular complexity index is 499. The minimum absolute atomic E-state index is 0.00331. The molecule has 20 heavy (non-hydrogen) atoms. The fourth-order valence-corrected chi connectivity index (χ4v) is 1.65. The standard InChI is InChI=1S/C13H15F3N2O2/c14-13(15,16)10-5-9(12(17)18)3-4-11(10)20-7-19-6-8-1-2-8/h3-5,8H,1-2,6-7H2,(H3,17,18). The summed E-state index contributed by atoms with van der Waals surface area (Å²) in [5.41, 5.74) is 4.23. The van der Waals surface area contributed by atoms with Gasteiger partial charge in [0.2, 0.25) is 0 Å². The molecule has 2 rings (SSSR count). The van der Waals surface area contributed by atoms with Crippen LogP contribution >= 0.6 is 0 Å². The van der Waals surface area contributed by atoms with E-state index in [2.05, 4.69) is 0 Å². The van der Waals surface area contributed by atoms with Crippen molar-refractivity contribution in [3.63, 3.8) is 0 Å². The number of hydrogen-bond donors (Lipinski definition) is 2. The second-order valence-electron chi connectivity index (χ2n) is 4.70. The van der Waals surface area contributed by atoms with Gasteiger partial charge in [-0.3, -0.25) is 5.41 Å². The molecule has 1 saturated carbocycles. The Morgan fingerprint density at radius 3 is 2.60 bits per heavy atom. The largest absolute Gasteiger partial charge is 0.467 e. The summed E-state index contributed by atoms with van der Waals surface area (Å²) in [6, 6.07) is 3.27. The molecule has 110 valence electrons. The molecule has 0 heterocycles. The average Bonchev–Trinajstić information content (AvgIpc) is 3.17. The van der Waals surface area contributed by atoms with Crippen molar-refractivity contribution in [2.24, 2.45) is 11.7 Å². The lowest BCUT2D eigenvalue weighted by Gasteiger charge is -2.15. The van der Waals surface area contributed by atoms with E-state index in [1.54, 1.807) is 0 Å². The number of amidine groups is 1. The molecule has 1 aliphatic rings. The molecule has 0 aromatic heterocycles. The Kier molecular flexibility index (Phi) is 4.17. The molecule has 0 radical (unpaired) electrons. The molecule has 1 fully saturated rings. The summed E-state index contributed by atoms with van der Waals surface area (Å²) in [7, 11) is 0. The molecule has 0 unspecified atom stereocenters. The first-order valence-corrected chi connectivity index (χ1v) is 6.14. The number of benzene rings is 1. The Morgan fingerprint density at radius 1 is 1.35 bits per heavy atom. The molecular weight excluding hydrogens is 273 g/mol. The molecular formula is C13H15F3N2O2. The number of ether oxygens (including phenoxy) is 2. The molecule has 1 aromatic rings. The van der Waals surface area contributed by atoms with Crippen LogP contribution in [0.2, 0.25) is 0 Å². The maximum absolute atomic E-state index is 12.9. The molecule has 1 aromatic carbocycles. The fraction of sp³-hybridized carbons (Fsp3) is 0.462. The van der Waals surface area contributed by atoms with Gasteiger partial charge in [0.25, 0.3) is 0 Å². The van der Waals surface area contributed by atoms with E-state index in [-0.39, 0.29) is 18.1 Å². The predicted octanol–water partition coefficient (Wildman–Crippen LogP) is 2.75. The molecule has 0 aliphatic heterocycles. The van der Waals surface area contributed by atoms with Crippen LogP contribution in [0.5, 0.6) is 5.75 Å². The molecule has 0 saturated heterocycles. The third-order valence-corrected chi connectivity index (χ3v) is 2.94. The first-order chi connectivity index (χ1) is 9.38. The zero-order valence-corrected chi connectivity index (χ0v) is 10.7. The van der Waals surface area contributed by atoms with E-state index in [4.69, 9.17) is 20.6 Å². The van der Waals surface area contributed by atoms with Gasteiger partial charge in [0, 0.05) is 5.56 Å². The van der Waals surface area contributed by atoms with Gasteiger partial charge < -0.3 is 15.2 Å². The number of nitrogen functional groups attached to an aromatic ring is 1. The molecule has 3 N–H and O–H groups in total. The second-order valence-corrected chi connectivity index (χ2v) is 4.70. The SMILES string of the molecule is N=C(N)c1ccc(OCOCC2CC2)c(C(F)(F)F)c1. The number of nitrogens with one attached hydrogen (secondary N) is 1. The lowest BCUT2D eigenvalue weighted by molar-refractivity contribution is -0.139. The molecule has 0 atom stereocenters. The highest BCUT2D eigenvalue weighted by atomic mass is 19.4. The lowest BCUT2D eigenvalue weighted by Crippen LogP contribution is -2.15. The van der Waals surface area contributed by atoms with Crippen LogP contribution in [0.4, 0.5) is 13.2 Å². The zero-order valence-electron chi connectivity index (χ0n) is 10.7. The number of hydrogen-bond acceptors (Lipinski definition) is 3. The van der Waals surface area contributed by atoms with Crippen molar-refractivity contribution in [1.82, 2.24) is 0 Å². The van der Waals surface area contributed by atoms with Crippen LogP contribution in [0.1, 0.15) is 24.0 Å². The van der Waals surface area contributed by atoms with Gasteiger partial charge in [0.1, 0.15) is 11.6 Å². The Hall–Kier alpha value is -1.76. The monoisotopic (exact) mass is 288 g/mol. The summed E-state index contributed by atoms with van der Waals surface area (Å²) in [5, 5.41) is 7.17. The first-order valence-electron chi connectivity index (χ1n) is 6.14. The van der Waals surface area contributed by atoms with Gasteiger partial charge in [-0.15, -0.1) is 0 Å². The minimum atomic E-state index is -4.57. The van der Waals surface area contributed by atoms with Gasteiger partial charge in [-0.05, 0) is 37.0 Å². The number of rotatable bonds is 6. The highest BCUT2D eigenvalue weighted by molar-refractivity contribution is 5.95. The van der Waals surface area contributed by atoms with Gasteiger partial charge in [-0.2, -0.15) is 13.2 Å². The molecule has 4 nitrogen and oxygen atoms in total. The van der Waals surface area contributed by atoms with Crippen LogP contribution in [0.15, 0.2) is 18.2 Å². The Labute approximate surface area is 114 Å². The van der Waals surface area contributed by atoms with Crippen LogP contribution in [-0.4, -0.2) is 19.2 Å². The number of nitrogens with two attached hydrogens (primary N) is 1. The predicted molar refractivity (Wildman–Crippen MR) is 66.6 cm³/mol. The molecule has 0 spiro atoms. The lowest BCUT2D eigenvalue weighted by atomic mass is 10.1. The van der Waals surface area contributed by atoms with Gasteiger partial charge >= 0.3 is 6.18 Å². The molecule has 0 bridgehead atoms. The topological polar surface area (TPSA) is 68.3 Å². The highest BCUT2D eigenvalue weighted by Crippen LogP contribution is 2.37. The third kappa shape index (κ3) is 3.86. The van der Waals surface area contributed by atoms with E-state index in [1.165, 1.54) is 6.07 Å². The fourth-order valence-electron chi connectivity index (χ4n) is 1.65. The van der Waals surface area contributed by atoms with Crippen molar-refractivity contribution in [3.8, 4) is 5.75 Å². The van der Waals surface area contributed by atoms with Gasteiger partial charge in [-0.25, -0.2) is 0 Å². The first kappa shape index (κ1) is 14.6. The van der Waals surface area contributed by atoms with E-state index >= 15 is 0 Å². The van der Waals surface area contributed by atoms with Gasteiger partial charge in [0.15, 0.2) is 6.79 Å². The quantitative estimate of drug-likeness (QED) is 0.366. The summed E-state index contributed by atoms with van der Waals surface area (Å²) in [6.07, 6.45) is -2.38. The number of alkyl halides is 3. The van der Waals surface area contributed by atoms with Crippen molar-refractivity contribution in [3.05, 3.63) is 29.3 Å². The Morgan fingerprint density at radius 2 is 2.05 bits per heavy atom. The Balaban J connectivity index is 2.07.